The second-order valence-corrected chi connectivity index (χ2v) is 9.33. The van der Waals surface area contributed by atoms with Crippen LogP contribution in [0.3, 0.4) is 0 Å². The lowest BCUT2D eigenvalue weighted by Crippen LogP contribution is -2.32. The van der Waals surface area contributed by atoms with Gasteiger partial charge in [0, 0.05) is 24.2 Å². The van der Waals surface area contributed by atoms with Gasteiger partial charge in [0.1, 0.15) is 16.8 Å². The summed E-state index contributed by atoms with van der Waals surface area (Å²) in [5.41, 5.74) is 0.0455. The maximum absolute atomic E-state index is 14.0. The summed E-state index contributed by atoms with van der Waals surface area (Å²) in [6.07, 6.45) is 3.47. The molecule has 158 valence electrons. The number of sulfonamides is 1. The SMILES string of the molecule is N#CC(NC(=O)c1ccc(Cl)c(S(=O)(=O)N2CCCCCC2)c1)c1ccccc1F. The van der Waals surface area contributed by atoms with Gasteiger partial charge in [0.15, 0.2) is 0 Å². The fraction of sp³-hybridized carbons (Fsp3) is 0.333. The maximum Gasteiger partial charge on any atom is 0.252 e. The van der Waals surface area contributed by atoms with Gasteiger partial charge in [0.2, 0.25) is 10.0 Å². The number of hydrogen-bond donors (Lipinski definition) is 1. The molecule has 1 fully saturated rings. The Balaban J connectivity index is 1.88. The smallest absolute Gasteiger partial charge is 0.252 e. The van der Waals surface area contributed by atoms with Crippen molar-refractivity contribution in [3.63, 3.8) is 0 Å². The van der Waals surface area contributed by atoms with Crippen LogP contribution in [0.15, 0.2) is 47.4 Å². The lowest BCUT2D eigenvalue weighted by atomic mass is 10.1. The highest BCUT2D eigenvalue weighted by molar-refractivity contribution is 7.89. The normalized spacial score (nSPS) is 16.3. The van der Waals surface area contributed by atoms with Crippen molar-refractivity contribution in [1.82, 2.24) is 9.62 Å². The van der Waals surface area contributed by atoms with E-state index < -0.39 is 27.8 Å². The van der Waals surface area contributed by atoms with Gasteiger partial charge >= 0.3 is 0 Å². The lowest BCUT2D eigenvalue weighted by molar-refractivity contribution is 0.0944. The van der Waals surface area contributed by atoms with Crippen LogP contribution in [0.2, 0.25) is 5.02 Å². The number of hydrogen-bond acceptors (Lipinski definition) is 4. The van der Waals surface area contributed by atoms with Crippen molar-refractivity contribution in [2.45, 2.75) is 36.6 Å². The molecule has 0 radical (unpaired) electrons. The molecular weight excluding hydrogens is 429 g/mol. The minimum atomic E-state index is -3.87. The van der Waals surface area contributed by atoms with Gasteiger partial charge in [-0.15, -0.1) is 0 Å². The lowest BCUT2D eigenvalue weighted by Gasteiger charge is -2.21. The predicted molar refractivity (Wildman–Crippen MR) is 111 cm³/mol. The summed E-state index contributed by atoms with van der Waals surface area (Å²) in [5.74, 6) is -1.32. The van der Waals surface area contributed by atoms with Gasteiger partial charge in [0.25, 0.3) is 5.91 Å². The Morgan fingerprint density at radius 1 is 1.13 bits per heavy atom. The molecule has 1 atom stereocenters. The molecule has 30 heavy (non-hydrogen) atoms. The molecule has 0 aliphatic carbocycles. The molecule has 2 aromatic carbocycles. The zero-order valence-electron chi connectivity index (χ0n) is 16.1. The molecule has 0 spiro atoms. The van der Waals surface area contributed by atoms with E-state index in [2.05, 4.69) is 5.32 Å². The first-order valence-electron chi connectivity index (χ1n) is 9.59. The number of nitriles is 1. The van der Waals surface area contributed by atoms with Crippen molar-refractivity contribution >= 4 is 27.5 Å². The van der Waals surface area contributed by atoms with Crippen molar-refractivity contribution in [3.8, 4) is 6.07 Å². The van der Waals surface area contributed by atoms with Crippen LogP contribution in [0.1, 0.15) is 47.6 Å². The van der Waals surface area contributed by atoms with E-state index in [0.717, 1.165) is 25.7 Å². The van der Waals surface area contributed by atoms with Crippen LogP contribution in [0.5, 0.6) is 0 Å². The van der Waals surface area contributed by atoms with E-state index >= 15 is 0 Å². The Bertz CT molecular complexity index is 1080. The molecule has 2 aromatic rings. The van der Waals surface area contributed by atoms with Crippen LogP contribution in [-0.2, 0) is 10.0 Å². The molecule has 3 rings (SSSR count). The molecule has 1 aliphatic heterocycles. The highest BCUT2D eigenvalue weighted by Crippen LogP contribution is 2.28. The summed E-state index contributed by atoms with van der Waals surface area (Å²) in [4.78, 5) is 12.5. The number of nitrogens with zero attached hydrogens (tertiary/aromatic N) is 2. The zero-order chi connectivity index (χ0) is 21.7. The topological polar surface area (TPSA) is 90.3 Å². The highest BCUT2D eigenvalue weighted by Gasteiger charge is 2.28. The number of carbonyl (C=O) groups is 1. The van der Waals surface area contributed by atoms with Crippen LogP contribution in [-0.4, -0.2) is 31.7 Å². The first-order valence-corrected chi connectivity index (χ1v) is 11.4. The quantitative estimate of drug-likeness (QED) is 0.745. The fourth-order valence-electron chi connectivity index (χ4n) is 3.37. The van der Waals surface area contributed by atoms with Crippen LogP contribution in [0.4, 0.5) is 4.39 Å². The second-order valence-electron chi connectivity index (χ2n) is 7.02. The Morgan fingerprint density at radius 2 is 1.80 bits per heavy atom. The van der Waals surface area contributed by atoms with Crippen LogP contribution in [0.25, 0.3) is 0 Å². The largest absolute Gasteiger partial charge is 0.332 e. The average Bonchev–Trinajstić information content (AvgIpc) is 3.03. The molecule has 1 heterocycles. The molecule has 1 N–H and O–H groups in total. The molecule has 0 saturated carbocycles. The summed E-state index contributed by atoms with van der Waals surface area (Å²) in [7, 11) is -3.87. The van der Waals surface area contributed by atoms with Gasteiger partial charge in [-0.2, -0.15) is 9.57 Å². The summed E-state index contributed by atoms with van der Waals surface area (Å²) in [6.45, 7) is 0.803. The van der Waals surface area contributed by atoms with Crippen molar-refractivity contribution in [2.75, 3.05) is 13.1 Å². The van der Waals surface area contributed by atoms with Gasteiger partial charge in [0.05, 0.1) is 11.1 Å². The third-order valence-corrected chi connectivity index (χ3v) is 7.38. The molecule has 9 heteroatoms. The van der Waals surface area contributed by atoms with Crippen molar-refractivity contribution in [1.29, 1.82) is 5.26 Å². The van der Waals surface area contributed by atoms with Crippen LogP contribution in [0, 0.1) is 17.1 Å². The molecule has 0 bridgehead atoms. The third-order valence-electron chi connectivity index (χ3n) is 5.00. The monoisotopic (exact) mass is 449 g/mol. The number of amides is 1. The molecule has 1 saturated heterocycles. The number of carbonyl (C=O) groups excluding carboxylic acids is 1. The first-order chi connectivity index (χ1) is 14.3. The molecule has 1 amide bonds. The Labute approximate surface area is 180 Å². The highest BCUT2D eigenvalue weighted by atomic mass is 35.5. The van der Waals surface area contributed by atoms with E-state index in [0.29, 0.717) is 13.1 Å². The summed E-state index contributed by atoms with van der Waals surface area (Å²) < 4.78 is 41.6. The van der Waals surface area contributed by atoms with E-state index in [4.69, 9.17) is 11.6 Å². The van der Waals surface area contributed by atoms with E-state index in [1.807, 2.05) is 6.07 Å². The van der Waals surface area contributed by atoms with Crippen LogP contribution >= 0.6 is 11.6 Å². The van der Waals surface area contributed by atoms with E-state index in [9.17, 15) is 22.9 Å². The molecule has 6 nitrogen and oxygen atoms in total. The fourth-order valence-corrected chi connectivity index (χ4v) is 5.38. The molecule has 1 aliphatic rings. The Hall–Kier alpha value is -2.47. The molecule has 1 unspecified atom stereocenters. The van der Waals surface area contributed by atoms with E-state index in [1.165, 1.54) is 40.7 Å². The molecule has 0 aromatic heterocycles. The zero-order valence-corrected chi connectivity index (χ0v) is 17.7. The second kappa shape index (κ2) is 9.56. The average molecular weight is 450 g/mol. The third kappa shape index (κ3) is 4.81. The van der Waals surface area contributed by atoms with Crippen LogP contribution < -0.4 is 5.32 Å². The minimum Gasteiger partial charge on any atom is -0.332 e. The number of rotatable bonds is 5. The standard InChI is InChI=1S/C21H21ClFN3O3S/c22-17-10-9-15(13-20(17)30(28,29)26-11-5-1-2-6-12-26)21(27)25-19(14-24)16-7-3-4-8-18(16)23/h3-4,7-10,13,19H,1-2,5-6,11-12H2,(H,25,27). The van der Waals surface area contributed by atoms with Gasteiger partial charge < -0.3 is 5.32 Å². The number of halogens is 2. The number of nitrogens with one attached hydrogen (secondary N) is 1. The Kier molecular flexibility index (Phi) is 7.08. The van der Waals surface area contributed by atoms with Gasteiger partial charge in [-0.25, -0.2) is 12.8 Å². The summed E-state index contributed by atoms with van der Waals surface area (Å²) >= 11 is 6.16. The van der Waals surface area contributed by atoms with Crippen molar-refractivity contribution in [3.05, 3.63) is 64.4 Å². The first kappa shape index (κ1) is 22.2. The summed E-state index contributed by atoms with van der Waals surface area (Å²) in [5, 5.41) is 11.8. The minimum absolute atomic E-state index is 0.0155. The van der Waals surface area contributed by atoms with Gasteiger partial charge in [-0.3, -0.25) is 4.79 Å². The maximum atomic E-state index is 14.0. The van der Waals surface area contributed by atoms with E-state index in [1.54, 1.807) is 6.07 Å². The predicted octanol–water partition coefficient (Wildman–Crippen LogP) is 4.04. The number of benzene rings is 2. The Morgan fingerprint density at radius 3 is 2.43 bits per heavy atom. The van der Waals surface area contributed by atoms with Gasteiger partial charge in [-0.1, -0.05) is 42.6 Å². The van der Waals surface area contributed by atoms with Crippen molar-refractivity contribution < 1.29 is 17.6 Å². The van der Waals surface area contributed by atoms with Gasteiger partial charge in [-0.05, 0) is 37.1 Å². The van der Waals surface area contributed by atoms with Crippen molar-refractivity contribution in [2.24, 2.45) is 0 Å². The molecular formula is C21H21ClFN3O3S. The van der Waals surface area contributed by atoms with E-state index in [-0.39, 0.29) is 21.0 Å². The summed E-state index contributed by atoms with van der Waals surface area (Å²) in [6, 6.07) is 10.2.